The molecule has 1 N–H and O–H groups in total. The highest BCUT2D eigenvalue weighted by Crippen LogP contribution is 2.28. The van der Waals surface area contributed by atoms with E-state index in [1.165, 1.54) is 4.88 Å². The van der Waals surface area contributed by atoms with Gasteiger partial charge in [-0.05, 0) is 40.2 Å². The summed E-state index contributed by atoms with van der Waals surface area (Å²) in [7, 11) is 1.64. The molecule has 0 unspecified atom stereocenters. The first-order chi connectivity index (χ1) is 8.19. The van der Waals surface area contributed by atoms with Gasteiger partial charge in [-0.25, -0.2) is 0 Å². The molecular weight excluding hydrogens is 322 g/mol. The van der Waals surface area contributed by atoms with Crippen molar-refractivity contribution in [1.29, 1.82) is 0 Å². The molecule has 0 aliphatic carbocycles. The summed E-state index contributed by atoms with van der Waals surface area (Å²) < 4.78 is 6.29. The van der Waals surface area contributed by atoms with Crippen LogP contribution < -0.4 is 10.1 Å². The molecule has 0 aliphatic rings. The topological polar surface area (TPSA) is 21.3 Å². The fourth-order valence-corrected chi connectivity index (χ4v) is 3.00. The summed E-state index contributed by atoms with van der Waals surface area (Å²) in [5, 5.41) is 3.99. The zero-order valence-electron chi connectivity index (χ0n) is 9.17. The Balaban J connectivity index is 2.07. The Bertz CT molecular complexity index is 515. The van der Waals surface area contributed by atoms with Crippen LogP contribution in [0.3, 0.4) is 0 Å². The highest BCUT2D eigenvalue weighted by molar-refractivity contribution is 9.11. The van der Waals surface area contributed by atoms with E-state index in [2.05, 4.69) is 27.3 Å². The first-order valence-corrected chi connectivity index (χ1v) is 6.99. The number of methoxy groups -OCH3 is 1. The van der Waals surface area contributed by atoms with Gasteiger partial charge in [0.1, 0.15) is 5.75 Å². The van der Waals surface area contributed by atoms with Crippen molar-refractivity contribution in [3.63, 3.8) is 0 Å². The SMILES string of the molecule is COc1ccc(Cl)c(NCc2ccc(Br)s2)c1. The van der Waals surface area contributed by atoms with Crippen molar-refractivity contribution >= 4 is 44.6 Å². The second-order valence-corrected chi connectivity index (χ2v) is 6.36. The lowest BCUT2D eigenvalue weighted by Gasteiger charge is -2.09. The van der Waals surface area contributed by atoms with E-state index in [0.717, 1.165) is 21.8 Å². The van der Waals surface area contributed by atoms with Gasteiger partial charge in [0.2, 0.25) is 0 Å². The van der Waals surface area contributed by atoms with Crippen molar-refractivity contribution < 1.29 is 4.74 Å². The monoisotopic (exact) mass is 331 g/mol. The quantitative estimate of drug-likeness (QED) is 0.869. The van der Waals surface area contributed by atoms with Crippen LogP contribution >= 0.6 is 38.9 Å². The normalized spacial score (nSPS) is 10.3. The van der Waals surface area contributed by atoms with Gasteiger partial charge in [0.05, 0.1) is 21.6 Å². The maximum Gasteiger partial charge on any atom is 0.121 e. The van der Waals surface area contributed by atoms with E-state index >= 15 is 0 Å². The minimum atomic E-state index is 0.696. The summed E-state index contributed by atoms with van der Waals surface area (Å²) >= 11 is 11.2. The molecule has 90 valence electrons. The summed E-state index contributed by atoms with van der Waals surface area (Å²) in [6, 6.07) is 9.68. The molecule has 0 radical (unpaired) electrons. The molecule has 0 amide bonds. The van der Waals surface area contributed by atoms with Crippen molar-refractivity contribution in [2.45, 2.75) is 6.54 Å². The highest BCUT2D eigenvalue weighted by atomic mass is 79.9. The second kappa shape index (κ2) is 5.76. The number of thiophene rings is 1. The number of hydrogen-bond acceptors (Lipinski definition) is 3. The first-order valence-electron chi connectivity index (χ1n) is 5.00. The molecule has 0 bridgehead atoms. The number of nitrogens with one attached hydrogen (secondary N) is 1. The lowest BCUT2D eigenvalue weighted by atomic mass is 10.3. The van der Waals surface area contributed by atoms with E-state index in [-0.39, 0.29) is 0 Å². The van der Waals surface area contributed by atoms with Crippen molar-refractivity contribution in [2.75, 3.05) is 12.4 Å². The molecule has 1 aromatic carbocycles. The number of ether oxygens (including phenoxy) is 1. The molecule has 0 aliphatic heterocycles. The van der Waals surface area contributed by atoms with E-state index in [9.17, 15) is 0 Å². The maximum absolute atomic E-state index is 6.10. The zero-order chi connectivity index (χ0) is 12.3. The van der Waals surface area contributed by atoms with E-state index in [4.69, 9.17) is 16.3 Å². The van der Waals surface area contributed by atoms with Crippen molar-refractivity contribution in [3.05, 3.63) is 44.0 Å². The van der Waals surface area contributed by atoms with Gasteiger partial charge >= 0.3 is 0 Å². The van der Waals surface area contributed by atoms with Crippen LogP contribution in [0.4, 0.5) is 5.69 Å². The molecule has 0 saturated carbocycles. The van der Waals surface area contributed by atoms with Gasteiger partial charge in [-0.1, -0.05) is 11.6 Å². The smallest absolute Gasteiger partial charge is 0.121 e. The molecule has 2 nitrogen and oxygen atoms in total. The van der Waals surface area contributed by atoms with Gasteiger partial charge < -0.3 is 10.1 Å². The van der Waals surface area contributed by atoms with Gasteiger partial charge in [0.25, 0.3) is 0 Å². The van der Waals surface area contributed by atoms with E-state index in [1.54, 1.807) is 18.4 Å². The molecule has 2 rings (SSSR count). The van der Waals surface area contributed by atoms with Crippen LogP contribution in [0.25, 0.3) is 0 Å². The average molecular weight is 333 g/mol. The zero-order valence-corrected chi connectivity index (χ0v) is 12.3. The predicted octanol–water partition coefficient (Wildman–Crippen LogP) is 4.78. The van der Waals surface area contributed by atoms with E-state index in [1.807, 2.05) is 24.3 Å². The van der Waals surface area contributed by atoms with Crippen LogP contribution in [0.1, 0.15) is 4.88 Å². The summed E-state index contributed by atoms with van der Waals surface area (Å²) in [4.78, 5) is 1.25. The molecule has 5 heteroatoms. The number of benzene rings is 1. The molecule has 2 aromatic rings. The fourth-order valence-electron chi connectivity index (χ4n) is 1.40. The third kappa shape index (κ3) is 3.37. The van der Waals surface area contributed by atoms with Gasteiger partial charge in [0, 0.05) is 17.5 Å². The lowest BCUT2D eigenvalue weighted by molar-refractivity contribution is 0.415. The minimum Gasteiger partial charge on any atom is -0.497 e. The Morgan fingerprint density at radius 2 is 2.18 bits per heavy atom. The molecule has 1 aromatic heterocycles. The lowest BCUT2D eigenvalue weighted by Crippen LogP contribution is -1.98. The molecule has 0 fully saturated rings. The average Bonchev–Trinajstić information content (AvgIpc) is 2.74. The minimum absolute atomic E-state index is 0.696. The Kier molecular flexibility index (Phi) is 4.31. The largest absolute Gasteiger partial charge is 0.497 e. The summed E-state index contributed by atoms with van der Waals surface area (Å²) in [5.41, 5.74) is 0.885. The van der Waals surface area contributed by atoms with Crippen LogP contribution in [-0.2, 0) is 6.54 Å². The fraction of sp³-hybridized carbons (Fsp3) is 0.167. The Morgan fingerprint density at radius 1 is 1.35 bits per heavy atom. The summed E-state index contributed by atoms with van der Waals surface area (Å²) in [5.74, 6) is 0.796. The molecular formula is C12H11BrClNOS. The Labute approximate surface area is 118 Å². The Hall–Kier alpha value is -0.710. The van der Waals surface area contributed by atoms with Crippen molar-refractivity contribution in [2.24, 2.45) is 0 Å². The predicted molar refractivity (Wildman–Crippen MR) is 77.3 cm³/mol. The third-order valence-corrected chi connectivity index (χ3v) is 4.21. The van der Waals surface area contributed by atoms with E-state index < -0.39 is 0 Å². The number of halogens is 2. The van der Waals surface area contributed by atoms with Crippen molar-refractivity contribution in [3.8, 4) is 5.75 Å². The van der Waals surface area contributed by atoms with E-state index in [0.29, 0.717) is 5.02 Å². The summed E-state index contributed by atoms with van der Waals surface area (Å²) in [6.07, 6.45) is 0. The second-order valence-electron chi connectivity index (χ2n) is 3.41. The van der Waals surface area contributed by atoms with Crippen LogP contribution in [0, 0.1) is 0 Å². The van der Waals surface area contributed by atoms with Gasteiger partial charge in [-0.2, -0.15) is 0 Å². The molecule has 1 heterocycles. The standard InChI is InChI=1S/C12H11BrClNOS/c1-16-8-2-4-10(14)11(6-8)15-7-9-3-5-12(13)17-9/h2-6,15H,7H2,1H3. The summed E-state index contributed by atoms with van der Waals surface area (Å²) in [6.45, 7) is 0.753. The van der Waals surface area contributed by atoms with Gasteiger partial charge in [-0.15, -0.1) is 11.3 Å². The van der Waals surface area contributed by atoms with Crippen molar-refractivity contribution in [1.82, 2.24) is 0 Å². The number of hydrogen-bond donors (Lipinski definition) is 1. The number of anilines is 1. The van der Waals surface area contributed by atoms with Crippen LogP contribution in [-0.4, -0.2) is 7.11 Å². The molecule has 17 heavy (non-hydrogen) atoms. The number of rotatable bonds is 4. The first kappa shape index (κ1) is 12.7. The molecule has 0 atom stereocenters. The van der Waals surface area contributed by atoms with Crippen LogP contribution in [0.5, 0.6) is 5.75 Å². The maximum atomic E-state index is 6.10. The molecule has 0 spiro atoms. The van der Waals surface area contributed by atoms with Crippen LogP contribution in [0.2, 0.25) is 5.02 Å². The van der Waals surface area contributed by atoms with Crippen LogP contribution in [0.15, 0.2) is 34.1 Å². The third-order valence-electron chi connectivity index (χ3n) is 2.26. The van der Waals surface area contributed by atoms with Gasteiger partial charge in [-0.3, -0.25) is 0 Å². The Morgan fingerprint density at radius 3 is 2.82 bits per heavy atom. The van der Waals surface area contributed by atoms with Gasteiger partial charge in [0.15, 0.2) is 0 Å². The highest BCUT2D eigenvalue weighted by Gasteiger charge is 2.03. The molecule has 0 saturated heterocycles.